The zero-order chi connectivity index (χ0) is 11.4. The van der Waals surface area contributed by atoms with Crippen LogP contribution in [0.15, 0.2) is 24.3 Å². The van der Waals surface area contributed by atoms with E-state index in [0.717, 1.165) is 10.6 Å². The van der Waals surface area contributed by atoms with Gasteiger partial charge in [0.15, 0.2) is 0 Å². The van der Waals surface area contributed by atoms with Gasteiger partial charge in [-0.2, -0.15) is 0 Å². The molecule has 0 aliphatic carbocycles. The SMILES string of the molecule is CC(c1ccccc1Cl)N(C)CC(N)=S. The van der Waals surface area contributed by atoms with Crippen molar-refractivity contribution in [3.63, 3.8) is 0 Å². The van der Waals surface area contributed by atoms with Crippen LogP contribution >= 0.6 is 23.8 Å². The van der Waals surface area contributed by atoms with Gasteiger partial charge in [-0.3, -0.25) is 4.90 Å². The third-order valence-electron chi connectivity index (χ3n) is 2.42. The van der Waals surface area contributed by atoms with Crippen LogP contribution in [0.1, 0.15) is 18.5 Å². The van der Waals surface area contributed by atoms with Gasteiger partial charge in [0.2, 0.25) is 0 Å². The van der Waals surface area contributed by atoms with Crippen LogP contribution in [-0.4, -0.2) is 23.5 Å². The van der Waals surface area contributed by atoms with E-state index in [1.54, 1.807) is 0 Å². The second kappa shape index (κ2) is 5.45. The predicted molar refractivity (Wildman–Crippen MR) is 69.3 cm³/mol. The smallest absolute Gasteiger partial charge is 0.0870 e. The molecule has 82 valence electrons. The molecule has 0 fully saturated rings. The number of halogens is 1. The average Bonchev–Trinajstić information content (AvgIpc) is 2.16. The fraction of sp³-hybridized carbons (Fsp3) is 0.364. The second-order valence-corrected chi connectivity index (χ2v) is 4.51. The van der Waals surface area contributed by atoms with Gasteiger partial charge in [-0.1, -0.05) is 42.0 Å². The summed E-state index contributed by atoms with van der Waals surface area (Å²) in [4.78, 5) is 2.57. The highest BCUT2D eigenvalue weighted by molar-refractivity contribution is 7.80. The first-order chi connectivity index (χ1) is 7.02. The van der Waals surface area contributed by atoms with E-state index in [1.165, 1.54) is 0 Å². The molecule has 0 bridgehead atoms. The Hall–Kier alpha value is -0.640. The summed E-state index contributed by atoms with van der Waals surface area (Å²) in [6, 6.07) is 8.02. The molecule has 0 amide bonds. The largest absolute Gasteiger partial charge is 0.392 e. The molecular weight excluding hydrogens is 228 g/mol. The first-order valence-corrected chi connectivity index (χ1v) is 5.54. The zero-order valence-electron chi connectivity index (χ0n) is 8.90. The van der Waals surface area contributed by atoms with E-state index in [0.29, 0.717) is 11.5 Å². The standard InChI is InChI=1S/C11H15ClN2S/c1-8(14(2)7-11(13)15)9-5-3-4-6-10(9)12/h3-6,8H,7H2,1-2H3,(H2,13,15). The minimum absolute atomic E-state index is 0.209. The van der Waals surface area contributed by atoms with E-state index in [2.05, 4.69) is 11.8 Å². The highest BCUT2D eigenvalue weighted by atomic mass is 35.5. The highest BCUT2D eigenvalue weighted by Crippen LogP contribution is 2.25. The van der Waals surface area contributed by atoms with Crippen LogP contribution in [0, 0.1) is 0 Å². The van der Waals surface area contributed by atoms with Gasteiger partial charge in [0.05, 0.1) is 4.99 Å². The molecule has 0 heterocycles. The quantitative estimate of drug-likeness (QED) is 0.824. The average molecular weight is 243 g/mol. The summed E-state index contributed by atoms with van der Waals surface area (Å²) < 4.78 is 0. The summed E-state index contributed by atoms with van der Waals surface area (Å²) in [6.07, 6.45) is 0. The molecule has 1 atom stereocenters. The van der Waals surface area contributed by atoms with Crippen molar-refractivity contribution in [1.82, 2.24) is 4.90 Å². The van der Waals surface area contributed by atoms with Crippen LogP contribution in [0.25, 0.3) is 0 Å². The molecule has 0 aromatic heterocycles. The Morgan fingerprint density at radius 3 is 2.67 bits per heavy atom. The molecule has 2 nitrogen and oxygen atoms in total. The van der Waals surface area contributed by atoms with Crippen LogP contribution in [0.5, 0.6) is 0 Å². The lowest BCUT2D eigenvalue weighted by atomic mass is 10.1. The van der Waals surface area contributed by atoms with Crippen LogP contribution in [0.4, 0.5) is 0 Å². The molecule has 1 aromatic rings. The fourth-order valence-corrected chi connectivity index (χ4v) is 1.93. The Labute approximate surface area is 101 Å². The summed E-state index contributed by atoms with van der Waals surface area (Å²) in [6.45, 7) is 2.68. The molecular formula is C11H15ClN2S. The number of rotatable bonds is 4. The van der Waals surface area contributed by atoms with Crippen LogP contribution in [0.2, 0.25) is 5.02 Å². The molecule has 2 N–H and O–H groups in total. The molecule has 15 heavy (non-hydrogen) atoms. The van der Waals surface area contributed by atoms with Gasteiger partial charge in [-0.25, -0.2) is 0 Å². The summed E-state index contributed by atoms with van der Waals surface area (Å²) in [5.74, 6) is 0. The Morgan fingerprint density at radius 1 is 1.53 bits per heavy atom. The number of benzene rings is 1. The number of likely N-dealkylation sites (N-methyl/N-ethyl adjacent to an activating group) is 1. The van der Waals surface area contributed by atoms with E-state index in [4.69, 9.17) is 29.6 Å². The minimum atomic E-state index is 0.209. The Balaban J connectivity index is 2.80. The van der Waals surface area contributed by atoms with Crippen molar-refractivity contribution in [1.29, 1.82) is 0 Å². The third-order valence-corrected chi connectivity index (χ3v) is 2.90. The first kappa shape index (κ1) is 12.4. The van der Waals surface area contributed by atoms with E-state index < -0.39 is 0 Å². The van der Waals surface area contributed by atoms with Crippen molar-refractivity contribution < 1.29 is 0 Å². The molecule has 1 unspecified atom stereocenters. The van der Waals surface area contributed by atoms with Crippen LogP contribution in [0.3, 0.4) is 0 Å². The molecule has 0 aliphatic heterocycles. The Bertz CT molecular complexity index is 354. The van der Waals surface area contributed by atoms with E-state index in [1.807, 2.05) is 31.3 Å². The Kier molecular flexibility index (Phi) is 4.51. The maximum absolute atomic E-state index is 6.11. The van der Waals surface area contributed by atoms with Crippen molar-refractivity contribution in [3.05, 3.63) is 34.9 Å². The first-order valence-electron chi connectivity index (χ1n) is 4.75. The van der Waals surface area contributed by atoms with E-state index >= 15 is 0 Å². The van der Waals surface area contributed by atoms with Crippen molar-refractivity contribution in [2.24, 2.45) is 5.73 Å². The molecule has 0 spiro atoms. The van der Waals surface area contributed by atoms with Gasteiger partial charge in [-0.15, -0.1) is 0 Å². The van der Waals surface area contributed by atoms with Gasteiger partial charge >= 0.3 is 0 Å². The van der Waals surface area contributed by atoms with Gasteiger partial charge < -0.3 is 5.73 Å². The zero-order valence-corrected chi connectivity index (χ0v) is 10.5. The topological polar surface area (TPSA) is 29.3 Å². The molecule has 0 saturated heterocycles. The lowest BCUT2D eigenvalue weighted by Gasteiger charge is -2.25. The normalized spacial score (nSPS) is 12.8. The summed E-state index contributed by atoms with van der Waals surface area (Å²) >= 11 is 11.0. The second-order valence-electron chi connectivity index (χ2n) is 3.58. The number of nitrogens with zero attached hydrogens (tertiary/aromatic N) is 1. The molecule has 0 saturated carbocycles. The van der Waals surface area contributed by atoms with Crippen molar-refractivity contribution in [2.45, 2.75) is 13.0 Å². The number of hydrogen-bond donors (Lipinski definition) is 1. The summed E-state index contributed by atoms with van der Waals surface area (Å²) in [7, 11) is 1.98. The lowest BCUT2D eigenvalue weighted by Crippen LogP contribution is -2.31. The molecule has 4 heteroatoms. The minimum Gasteiger partial charge on any atom is -0.392 e. The van der Waals surface area contributed by atoms with E-state index in [9.17, 15) is 0 Å². The highest BCUT2D eigenvalue weighted by Gasteiger charge is 2.14. The van der Waals surface area contributed by atoms with Gasteiger partial charge in [0, 0.05) is 17.6 Å². The molecule has 1 rings (SSSR count). The lowest BCUT2D eigenvalue weighted by molar-refractivity contribution is 0.299. The molecule has 0 radical (unpaired) electrons. The summed E-state index contributed by atoms with van der Waals surface area (Å²) in [5.41, 5.74) is 6.60. The number of thiocarbonyl (C=S) groups is 1. The van der Waals surface area contributed by atoms with Crippen molar-refractivity contribution in [2.75, 3.05) is 13.6 Å². The van der Waals surface area contributed by atoms with Crippen LogP contribution in [-0.2, 0) is 0 Å². The maximum Gasteiger partial charge on any atom is 0.0870 e. The molecule has 0 aliphatic rings. The fourth-order valence-electron chi connectivity index (χ4n) is 1.43. The maximum atomic E-state index is 6.11. The number of nitrogens with two attached hydrogens (primary N) is 1. The Morgan fingerprint density at radius 2 is 2.13 bits per heavy atom. The van der Waals surface area contributed by atoms with Gasteiger partial charge in [0.1, 0.15) is 0 Å². The monoisotopic (exact) mass is 242 g/mol. The predicted octanol–water partition coefficient (Wildman–Crippen LogP) is 2.62. The van der Waals surface area contributed by atoms with Gasteiger partial charge in [-0.05, 0) is 25.6 Å². The number of hydrogen-bond acceptors (Lipinski definition) is 2. The van der Waals surface area contributed by atoms with Crippen LogP contribution < -0.4 is 5.73 Å². The van der Waals surface area contributed by atoms with Crippen molar-refractivity contribution in [3.8, 4) is 0 Å². The van der Waals surface area contributed by atoms with Gasteiger partial charge in [0.25, 0.3) is 0 Å². The third kappa shape index (κ3) is 3.45. The van der Waals surface area contributed by atoms with E-state index in [-0.39, 0.29) is 6.04 Å². The van der Waals surface area contributed by atoms with Crippen molar-refractivity contribution >= 4 is 28.8 Å². The summed E-state index contributed by atoms with van der Waals surface area (Å²) in [5, 5.41) is 0.778. The molecule has 1 aromatic carbocycles.